The van der Waals surface area contributed by atoms with Crippen LogP contribution in [0.1, 0.15) is 5.56 Å². The summed E-state index contributed by atoms with van der Waals surface area (Å²) in [6.07, 6.45) is 0. The molecule has 0 aliphatic carbocycles. The summed E-state index contributed by atoms with van der Waals surface area (Å²) in [6, 6.07) is 7.34. The van der Waals surface area contributed by atoms with Gasteiger partial charge >= 0.3 is 6.03 Å². The molecule has 1 aromatic heterocycles. The van der Waals surface area contributed by atoms with Crippen molar-refractivity contribution < 1.29 is 27.4 Å². The van der Waals surface area contributed by atoms with Gasteiger partial charge in [-0.05, 0) is 42.8 Å². The quantitative estimate of drug-likeness (QED) is 0.221. The average molecular weight is 482 g/mol. The summed E-state index contributed by atoms with van der Waals surface area (Å²) in [4.78, 5) is 38.6. The molecule has 1 saturated heterocycles. The number of urea groups is 1. The van der Waals surface area contributed by atoms with Gasteiger partial charge < -0.3 is 0 Å². The van der Waals surface area contributed by atoms with Crippen molar-refractivity contribution in [1.82, 2.24) is 15.6 Å². The van der Waals surface area contributed by atoms with E-state index in [1.165, 1.54) is 0 Å². The van der Waals surface area contributed by atoms with E-state index in [0.29, 0.717) is 32.0 Å². The van der Waals surface area contributed by atoms with Gasteiger partial charge in [-0.15, -0.1) is 11.3 Å². The number of hydrogen-bond acceptors (Lipinski definition) is 9. The van der Waals surface area contributed by atoms with E-state index in [0.717, 1.165) is 11.3 Å². The number of fused-ring (bicyclic) bond motifs is 1. The number of aryl methyl sites for hydroxylation is 1. The fraction of sp³-hybridized carbons (Fsp3) is 0.111. The molecule has 0 bridgehead atoms. The van der Waals surface area contributed by atoms with Gasteiger partial charge in [0.05, 0.1) is 15.9 Å². The third-order valence-corrected chi connectivity index (χ3v) is 6.65. The molecule has 1 aliphatic heterocycles. The van der Waals surface area contributed by atoms with E-state index in [1.54, 1.807) is 43.3 Å². The van der Waals surface area contributed by atoms with E-state index in [1.807, 2.05) is 10.6 Å². The van der Waals surface area contributed by atoms with Gasteiger partial charge in [-0.25, -0.2) is 9.78 Å². The Morgan fingerprint density at radius 2 is 1.66 bits per heavy atom. The summed E-state index contributed by atoms with van der Waals surface area (Å²) in [6.45, 7) is 1.59. The van der Waals surface area contributed by atoms with E-state index < -0.39 is 34.0 Å². The molecule has 2 heterocycles. The van der Waals surface area contributed by atoms with E-state index >= 15 is 0 Å². The molecular weight excluding hydrogens is 469 g/mol. The molecule has 1 aliphatic rings. The molecule has 14 heteroatoms. The van der Waals surface area contributed by atoms with Crippen LogP contribution in [0.25, 0.3) is 20.8 Å². The second-order valence-corrected chi connectivity index (χ2v) is 8.88. The largest absolute Gasteiger partial charge is 0.328 e. The molecule has 159 valence electrons. The maximum Gasteiger partial charge on any atom is 0.328 e. The molecule has 1 fully saturated rings. The Kier molecular flexibility index (Phi) is 6.88. The van der Waals surface area contributed by atoms with Crippen LogP contribution in [-0.4, -0.2) is 71.4 Å². The molecule has 3 aromatic rings. The van der Waals surface area contributed by atoms with Crippen molar-refractivity contribution in [3.05, 3.63) is 42.0 Å². The van der Waals surface area contributed by atoms with Crippen LogP contribution in [0.5, 0.6) is 0 Å². The van der Waals surface area contributed by atoms with Gasteiger partial charge in [-0.2, -0.15) is 18.6 Å². The van der Waals surface area contributed by atoms with Gasteiger partial charge in [0.2, 0.25) is 6.04 Å². The minimum Gasteiger partial charge on any atom is -0.282 e. The Labute approximate surface area is 207 Å². The molecule has 11 nitrogen and oxygen atoms in total. The summed E-state index contributed by atoms with van der Waals surface area (Å²) in [5.74, 6) is -1.73. The maximum atomic E-state index is 11.8. The van der Waals surface area contributed by atoms with Crippen molar-refractivity contribution in [2.45, 2.75) is 17.9 Å². The first-order valence-corrected chi connectivity index (χ1v) is 10.9. The zero-order valence-electron chi connectivity index (χ0n) is 16.7. The van der Waals surface area contributed by atoms with Gasteiger partial charge in [-0.1, -0.05) is 6.07 Å². The number of carbonyl (C=O) groups is 3. The Balaban J connectivity index is 0.00000289. The van der Waals surface area contributed by atoms with Gasteiger partial charge in [0, 0.05) is 35.1 Å². The van der Waals surface area contributed by atoms with Crippen LogP contribution in [0.15, 0.2) is 51.5 Å². The van der Waals surface area contributed by atoms with E-state index in [4.69, 9.17) is 0 Å². The van der Waals surface area contributed by atoms with Gasteiger partial charge in [0.1, 0.15) is 9.90 Å². The normalized spacial score (nSPS) is 15.0. The second-order valence-electron chi connectivity index (χ2n) is 6.53. The molecule has 0 atom stereocenters. The van der Waals surface area contributed by atoms with Gasteiger partial charge in [0.15, 0.2) is 0 Å². The number of nitrogens with zero attached hydrogens (tertiary/aromatic N) is 3. The van der Waals surface area contributed by atoms with Gasteiger partial charge in [0.25, 0.3) is 21.9 Å². The fourth-order valence-corrected chi connectivity index (χ4v) is 5.24. The van der Waals surface area contributed by atoms with Gasteiger partial charge in [-0.3, -0.25) is 24.8 Å². The number of amides is 4. The third kappa shape index (κ3) is 4.77. The number of aromatic nitrogens is 1. The molecule has 2 aromatic carbocycles. The Hall–Kier alpha value is -2.55. The summed E-state index contributed by atoms with van der Waals surface area (Å²) in [5, 5.41) is 11.9. The average Bonchev–Trinajstić information content (AvgIpc) is 3.10. The summed E-state index contributed by atoms with van der Waals surface area (Å²) >= 11 is 1.12. The zero-order chi connectivity index (χ0) is 22.3. The molecule has 1 radical (unpaired) electrons. The van der Waals surface area contributed by atoms with Crippen molar-refractivity contribution in [3.8, 4) is 10.6 Å². The van der Waals surface area contributed by atoms with E-state index in [-0.39, 0.29) is 34.5 Å². The van der Waals surface area contributed by atoms with Crippen molar-refractivity contribution >= 4 is 84.8 Å². The van der Waals surface area contributed by atoms with Crippen LogP contribution in [0.4, 0.5) is 10.5 Å². The number of thiazole rings is 1. The maximum absolute atomic E-state index is 11.8. The molecule has 32 heavy (non-hydrogen) atoms. The third-order valence-electron chi connectivity index (χ3n) is 4.34. The van der Waals surface area contributed by atoms with E-state index in [9.17, 15) is 27.4 Å². The number of imide groups is 2. The number of benzene rings is 2. The summed E-state index contributed by atoms with van der Waals surface area (Å²) in [7, 11) is -4.41. The monoisotopic (exact) mass is 482 g/mol. The Bertz CT molecular complexity index is 1360. The van der Waals surface area contributed by atoms with Crippen LogP contribution in [0.3, 0.4) is 0 Å². The molecule has 4 rings (SSSR count). The van der Waals surface area contributed by atoms with Crippen LogP contribution < -0.4 is 10.6 Å². The molecule has 0 saturated carbocycles. The molecule has 0 spiro atoms. The first-order valence-electron chi connectivity index (χ1n) is 8.68. The van der Waals surface area contributed by atoms with Crippen LogP contribution in [0, 0.1) is 6.92 Å². The zero-order valence-corrected chi connectivity index (χ0v) is 20.3. The number of carbonyl (C=O) groups excluding carboxylic acids is 3. The number of nitrogens with one attached hydrogen (secondary N) is 2. The molecule has 4 amide bonds. The first-order chi connectivity index (χ1) is 14.6. The minimum absolute atomic E-state index is 0. The van der Waals surface area contributed by atoms with Crippen molar-refractivity contribution in [2.75, 3.05) is 0 Å². The van der Waals surface area contributed by atoms with Crippen molar-refractivity contribution in [1.29, 1.82) is 0 Å². The van der Waals surface area contributed by atoms with Crippen molar-refractivity contribution in [3.63, 3.8) is 0 Å². The smallest absolute Gasteiger partial charge is 0.282 e. The fourth-order valence-electron chi connectivity index (χ4n) is 2.92. The van der Waals surface area contributed by atoms with E-state index in [2.05, 4.69) is 15.2 Å². The predicted octanol–water partition coefficient (Wildman–Crippen LogP) is 1.96. The SMILES string of the molecule is Cc1ccc2nc(-c3ccc(N=NC4C(=O)NC(=O)NC4=O)cc3)sc2c1S(=O)(=O)O.[Na]. The Morgan fingerprint density at radius 1 is 1.03 bits per heavy atom. The minimum atomic E-state index is -4.41. The predicted molar refractivity (Wildman–Crippen MR) is 115 cm³/mol. The summed E-state index contributed by atoms with van der Waals surface area (Å²) < 4.78 is 33.4. The van der Waals surface area contributed by atoms with Crippen LogP contribution in [-0.2, 0) is 19.7 Å². The van der Waals surface area contributed by atoms with Crippen LogP contribution in [0.2, 0.25) is 0 Å². The molecule has 0 unspecified atom stereocenters. The van der Waals surface area contributed by atoms with Crippen LogP contribution >= 0.6 is 11.3 Å². The molecular formula is C18H13N5NaO6S2. The standard InChI is InChI=1S/C18H13N5O6S2.Na/c1-8-2-7-11-13(14(8)31(27,28)29)30-17(19-11)9-3-5-10(6-4-9)22-23-12-15(24)20-18(26)21-16(12)25;/h2-7,12H,1H3,(H,27,28,29)(H2,20,21,24,25,26);. The van der Waals surface area contributed by atoms with Crippen molar-refractivity contribution in [2.24, 2.45) is 10.2 Å². The topological polar surface area (TPSA) is 167 Å². The Morgan fingerprint density at radius 3 is 2.25 bits per heavy atom. The number of rotatable bonds is 4. The first kappa shape index (κ1) is 24.1. The summed E-state index contributed by atoms with van der Waals surface area (Å²) in [5.41, 5.74) is 1.86. The number of barbiturate groups is 1. The number of azo groups is 1. The number of hydrogen-bond donors (Lipinski definition) is 3. The molecule has 3 N–H and O–H groups in total. The second kappa shape index (κ2) is 9.13.